The van der Waals surface area contributed by atoms with Gasteiger partial charge in [0.15, 0.2) is 0 Å². The molecule has 1 amide bonds. The van der Waals surface area contributed by atoms with Gasteiger partial charge in [-0.25, -0.2) is 9.78 Å². The number of H-pyrrole nitrogens is 1. The van der Waals surface area contributed by atoms with Gasteiger partial charge in [0.25, 0.3) is 5.56 Å². The number of aromatic nitrogens is 3. The number of aromatic amines is 1. The molecule has 0 atom stereocenters. The summed E-state index contributed by atoms with van der Waals surface area (Å²) in [5.74, 6) is 1.04. The minimum Gasteiger partial charge on any atom is -0.325 e. The van der Waals surface area contributed by atoms with Crippen molar-refractivity contribution < 1.29 is 4.79 Å². The maximum absolute atomic E-state index is 12.9. The van der Waals surface area contributed by atoms with Gasteiger partial charge < -0.3 is 5.32 Å². The lowest BCUT2D eigenvalue weighted by molar-refractivity contribution is -0.114. The fourth-order valence-electron chi connectivity index (χ4n) is 3.74. The van der Waals surface area contributed by atoms with E-state index >= 15 is 0 Å². The van der Waals surface area contributed by atoms with Crippen LogP contribution in [0.3, 0.4) is 0 Å². The van der Waals surface area contributed by atoms with Crippen molar-refractivity contribution >= 4 is 22.6 Å². The third-order valence-electron chi connectivity index (χ3n) is 5.15. The lowest BCUT2D eigenvalue weighted by atomic mass is 9.79. The number of pyridine rings is 1. The second-order valence-electron chi connectivity index (χ2n) is 7.22. The molecule has 25 heavy (non-hydrogen) atoms. The van der Waals surface area contributed by atoms with Crippen molar-refractivity contribution in [3.8, 4) is 0 Å². The Balaban J connectivity index is 1.99. The van der Waals surface area contributed by atoms with Crippen molar-refractivity contribution in [2.45, 2.75) is 52.5 Å². The third-order valence-corrected chi connectivity index (χ3v) is 5.15. The highest BCUT2D eigenvalue weighted by atomic mass is 16.2. The number of hydrogen-bond acceptors (Lipinski definition) is 4. The first-order chi connectivity index (χ1) is 11.9. The second kappa shape index (κ2) is 6.82. The number of nitrogens with zero attached hydrogens (tertiary/aromatic N) is 2. The number of hydrogen-bond donors (Lipinski definition) is 2. The first-order valence-electron chi connectivity index (χ1n) is 8.79. The van der Waals surface area contributed by atoms with E-state index in [1.807, 2.05) is 0 Å². The van der Waals surface area contributed by atoms with Crippen LogP contribution < -0.4 is 16.6 Å². The monoisotopic (exact) mass is 344 g/mol. The maximum Gasteiger partial charge on any atom is 0.330 e. The van der Waals surface area contributed by atoms with Gasteiger partial charge >= 0.3 is 5.69 Å². The Kier molecular flexibility index (Phi) is 4.74. The van der Waals surface area contributed by atoms with Gasteiger partial charge in [-0.3, -0.25) is 19.1 Å². The second-order valence-corrected chi connectivity index (χ2v) is 7.22. The molecule has 0 aromatic carbocycles. The Hall–Kier alpha value is -2.44. The van der Waals surface area contributed by atoms with E-state index in [0.717, 1.165) is 25.7 Å². The largest absolute Gasteiger partial charge is 0.330 e. The highest BCUT2D eigenvalue weighted by Crippen LogP contribution is 2.34. The Bertz CT molecular complexity index is 905. The smallest absolute Gasteiger partial charge is 0.325 e. The molecular formula is C18H24N4O3. The zero-order valence-corrected chi connectivity index (χ0v) is 14.8. The molecular weight excluding hydrogens is 320 g/mol. The van der Waals surface area contributed by atoms with E-state index in [0.29, 0.717) is 22.9 Å². The van der Waals surface area contributed by atoms with Crippen molar-refractivity contribution in [3.63, 3.8) is 0 Å². The summed E-state index contributed by atoms with van der Waals surface area (Å²) in [6.07, 6.45) is 5.14. The SMILES string of the molecule is CC(=O)Nc1cnc2[nH]c(=O)n(C3CCC(C(C)C)CC3)c(=O)c2c1. The lowest BCUT2D eigenvalue weighted by Crippen LogP contribution is -2.39. The minimum atomic E-state index is -0.412. The molecule has 1 fully saturated rings. The van der Waals surface area contributed by atoms with E-state index in [1.54, 1.807) is 6.07 Å². The number of fused-ring (bicyclic) bond motifs is 1. The number of anilines is 1. The van der Waals surface area contributed by atoms with E-state index in [-0.39, 0.29) is 23.2 Å². The maximum atomic E-state index is 12.9. The fourth-order valence-corrected chi connectivity index (χ4v) is 3.74. The van der Waals surface area contributed by atoms with Crippen molar-refractivity contribution in [3.05, 3.63) is 33.1 Å². The van der Waals surface area contributed by atoms with Crippen LogP contribution in [-0.4, -0.2) is 20.4 Å². The van der Waals surface area contributed by atoms with E-state index in [9.17, 15) is 14.4 Å². The van der Waals surface area contributed by atoms with Crippen molar-refractivity contribution in [1.82, 2.24) is 14.5 Å². The Morgan fingerprint density at radius 3 is 2.56 bits per heavy atom. The quantitative estimate of drug-likeness (QED) is 0.893. The summed E-state index contributed by atoms with van der Waals surface area (Å²) in [6, 6.07) is 1.48. The van der Waals surface area contributed by atoms with Crippen LogP contribution in [0.25, 0.3) is 11.0 Å². The molecule has 0 radical (unpaired) electrons. The van der Waals surface area contributed by atoms with Gasteiger partial charge in [-0.2, -0.15) is 0 Å². The molecule has 1 aliphatic rings. The molecule has 0 aliphatic heterocycles. The number of rotatable bonds is 3. The topological polar surface area (TPSA) is 96.8 Å². The molecule has 3 rings (SSSR count). The van der Waals surface area contributed by atoms with Gasteiger partial charge in [0.05, 0.1) is 17.3 Å². The molecule has 7 nitrogen and oxygen atoms in total. The van der Waals surface area contributed by atoms with E-state index in [4.69, 9.17) is 0 Å². The number of carbonyl (C=O) groups excluding carboxylic acids is 1. The van der Waals surface area contributed by atoms with Gasteiger partial charge in [-0.15, -0.1) is 0 Å². The van der Waals surface area contributed by atoms with Crippen LogP contribution in [0, 0.1) is 11.8 Å². The average Bonchev–Trinajstić information content (AvgIpc) is 2.55. The highest BCUT2D eigenvalue weighted by Gasteiger charge is 2.26. The molecule has 7 heteroatoms. The van der Waals surface area contributed by atoms with Crippen LogP contribution in [0.5, 0.6) is 0 Å². The number of carbonyl (C=O) groups is 1. The van der Waals surface area contributed by atoms with Crippen molar-refractivity contribution in [2.75, 3.05) is 5.32 Å². The highest BCUT2D eigenvalue weighted by molar-refractivity contribution is 5.90. The molecule has 2 heterocycles. The predicted molar refractivity (Wildman–Crippen MR) is 96.8 cm³/mol. The van der Waals surface area contributed by atoms with Gasteiger partial charge in [-0.05, 0) is 43.6 Å². The minimum absolute atomic E-state index is 0.0833. The van der Waals surface area contributed by atoms with E-state index in [1.165, 1.54) is 17.7 Å². The molecule has 134 valence electrons. The lowest BCUT2D eigenvalue weighted by Gasteiger charge is -2.31. The number of nitrogens with one attached hydrogen (secondary N) is 2. The van der Waals surface area contributed by atoms with Gasteiger partial charge in [0, 0.05) is 13.0 Å². The summed E-state index contributed by atoms with van der Waals surface area (Å²) in [4.78, 5) is 43.3. The predicted octanol–water partition coefficient (Wildman–Crippen LogP) is 2.43. The average molecular weight is 344 g/mol. The molecule has 0 bridgehead atoms. The van der Waals surface area contributed by atoms with E-state index in [2.05, 4.69) is 29.1 Å². The van der Waals surface area contributed by atoms with Crippen LogP contribution in [-0.2, 0) is 4.79 Å². The normalized spacial score (nSPS) is 20.8. The zero-order valence-electron chi connectivity index (χ0n) is 14.8. The molecule has 1 aliphatic carbocycles. The van der Waals surface area contributed by atoms with Crippen LogP contribution in [0.4, 0.5) is 5.69 Å². The summed E-state index contributed by atoms with van der Waals surface area (Å²) in [6.45, 7) is 5.83. The molecule has 0 unspecified atom stereocenters. The van der Waals surface area contributed by atoms with Crippen LogP contribution >= 0.6 is 0 Å². The van der Waals surface area contributed by atoms with Crippen LogP contribution in [0.15, 0.2) is 21.9 Å². The first-order valence-corrected chi connectivity index (χ1v) is 8.79. The van der Waals surface area contributed by atoms with Crippen molar-refractivity contribution in [2.24, 2.45) is 11.8 Å². The Morgan fingerprint density at radius 2 is 1.96 bits per heavy atom. The Labute approximate surface area is 145 Å². The third kappa shape index (κ3) is 3.50. The van der Waals surface area contributed by atoms with Gasteiger partial charge in [-0.1, -0.05) is 13.8 Å². The summed E-state index contributed by atoms with van der Waals surface area (Å²) >= 11 is 0. The molecule has 2 aromatic rings. The van der Waals surface area contributed by atoms with Crippen LogP contribution in [0.1, 0.15) is 52.5 Å². The van der Waals surface area contributed by atoms with Gasteiger partial charge in [0.2, 0.25) is 5.91 Å². The molecule has 2 N–H and O–H groups in total. The van der Waals surface area contributed by atoms with Crippen LogP contribution in [0.2, 0.25) is 0 Å². The first kappa shape index (κ1) is 17.4. The van der Waals surface area contributed by atoms with Gasteiger partial charge in [0.1, 0.15) is 5.65 Å². The standard InChI is InChI=1S/C18H24N4O3/c1-10(2)12-4-6-14(7-5-12)22-17(24)15-8-13(20-11(3)23)9-19-16(15)21-18(22)25/h8-10,12,14H,4-7H2,1-3H3,(H,20,23)(H,19,21,25). The van der Waals surface area contributed by atoms with Crippen molar-refractivity contribution in [1.29, 1.82) is 0 Å². The molecule has 2 aromatic heterocycles. The summed E-state index contributed by atoms with van der Waals surface area (Å²) in [7, 11) is 0. The number of amides is 1. The summed E-state index contributed by atoms with van der Waals surface area (Å²) in [5, 5.41) is 2.93. The zero-order chi connectivity index (χ0) is 18.1. The molecule has 0 spiro atoms. The molecule has 1 saturated carbocycles. The summed E-state index contributed by atoms with van der Waals surface area (Å²) in [5.41, 5.74) is -0.0628. The summed E-state index contributed by atoms with van der Waals surface area (Å²) < 4.78 is 1.33. The fraction of sp³-hybridized carbons (Fsp3) is 0.556. The van der Waals surface area contributed by atoms with E-state index < -0.39 is 5.69 Å². The molecule has 0 saturated heterocycles. The Morgan fingerprint density at radius 1 is 1.28 bits per heavy atom.